The zero-order valence-electron chi connectivity index (χ0n) is 20.3. The summed E-state index contributed by atoms with van der Waals surface area (Å²) in [5.74, 6) is 0.567. The molecule has 0 aliphatic heterocycles. The minimum Gasteiger partial charge on any atom is -0.497 e. The van der Waals surface area contributed by atoms with Crippen molar-refractivity contribution in [1.29, 1.82) is 0 Å². The summed E-state index contributed by atoms with van der Waals surface area (Å²) in [7, 11) is 3.22. The highest BCUT2D eigenvalue weighted by Crippen LogP contribution is 2.36. The van der Waals surface area contributed by atoms with Crippen molar-refractivity contribution in [3.63, 3.8) is 0 Å². The van der Waals surface area contributed by atoms with Crippen molar-refractivity contribution < 1.29 is 33.6 Å². The molecule has 1 atom stereocenters. The highest BCUT2D eigenvalue weighted by atomic mass is 16.5. The first-order valence-electron chi connectivity index (χ1n) is 11.7. The molecule has 188 valence electrons. The lowest BCUT2D eigenvalue weighted by molar-refractivity contribution is -0.139. The van der Waals surface area contributed by atoms with Crippen molar-refractivity contribution >= 4 is 11.9 Å². The highest BCUT2D eigenvalue weighted by Gasteiger charge is 2.23. The van der Waals surface area contributed by atoms with E-state index in [0.29, 0.717) is 22.8 Å². The van der Waals surface area contributed by atoms with Crippen LogP contribution in [0.4, 0.5) is 0 Å². The van der Waals surface area contributed by atoms with Gasteiger partial charge in [-0.25, -0.2) is 9.59 Å². The minimum atomic E-state index is -1.01. The van der Waals surface area contributed by atoms with Gasteiger partial charge in [0.1, 0.15) is 24.0 Å². The molecule has 3 aromatic rings. The highest BCUT2D eigenvalue weighted by molar-refractivity contribution is 5.90. The second-order valence-electron chi connectivity index (χ2n) is 8.37. The summed E-state index contributed by atoms with van der Waals surface area (Å²) >= 11 is 0. The Morgan fingerprint density at radius 2 is 1.81 bits per heavy atom. The fourth-order valence-electron chi connectivity index (χ4n) is 4.42. The number of carbonyl (C=O) groups is 2. The van der Waals surface area contributed by atoms with Crippen LogP contribution in [-0.2, 0) is 16.0 Å². The zero-order chi connectivity index (χ0) is 25.5. The van der Waals surface area contributed by atoms with E-state index >= 15 is 0 Å². The van der Waals surface area contributed by atoms with E-state index in [1.807, 2.05) is 42.5 Å². The third-order valence-electron chi connectivity index (χ3n) is 6.19. The number of ether oxygens (including phenoxy) is 4. The fourth-order valence-corrected chi connectivity index (χ4v) is 4.42. The Morgan fingerprint density at radius 3 is 2.53 bits per heavy atom. The summed E-state index contributed by atoms with van der Waals surface area (Å²) in [5.41, 5.74) is 4.23. The number of methoxy groups -OCH3 is 2. The first-order valence-corrected chi connectivity index (χ1v) is 11.7. The summed E-state index contributed by atoms with van der Waals surface area (Å²) in [6, 6.07) is 18.3. The lowest BCUT2D eigenvalue weighted by atomic mass is 9.87. The van der Waals surface area contributed by atoms with Crippen LogP contribution in [0.3, 0.4) is 0 Å². The molecule has 0 radical (unpaired) electrons. The number of hydrogen-bond acceptors (Lipinski definition) is 7. The van der Waals surface area contributed by atoms with Gasteiger partial charge in [-0.3, -0.25) is 5.32 Å². The van der Waals surface area contributed by atoms with E-state index in [0.717, 1.165) is 41.5 Å². The molecular formula is C28H29NO7. The molecule has 0 heterocycles. The van der Waals surface area contributed by atoms with E-state index in [-0.39, 0.29) is 19.4 Å². The Hall–Kier alpha value is -4.04. The first kappa shape index (κ1) is 25.1. The van der Waals surface area contributed by atoms with Gasteiger partial charge in [-0.05, 0) is 72.4 Å². The van der Waals surface area contributed by atoms with Gasteiger partial charge in [0.2, 0.25) is 0 Å². The smallest absolute Gasteiger partial charge is 0.341 e. The predicted octanol–water partition coefficient (Wildman–Crippen LogP) is 4.62. The van der Waals surface area contributed by atoms with Crippen molar-refractivity contribution in [2.45, 2.75) is 25.3 Å². The van der Waals surface area contributed by atoms with Gasteiger partial charge in [-0.2, -0.15) is 0 Å². The van der Waals surface area contributed by atoms with Crippen LogP contribution in [0.1, 0.15) is 40.4 Å². The van der Waals surface area contributed by atoms with Crippen molar-refractivity contribution in [2.75, 3.05) is 27.6 Å². The van der Waals surface area contributed by atoms with Gasteiger partial charge in [0, 0.05) is 11.6 Å². The summed E-state index contributed by atoms with van der Waals surface area (Å²) in [6.07, 6.45) is 2.61. The van der Waals surface area contributed by atoms with Crippen molar-refractivity contribution in [2.24, 2.45) is 0 Å². The van der Waals surface area contributed by atoms with E-state index in [2.05, 4.69) is 5.32 Å². The van der Waals surface area contributed by atoms with Gasteiger partial charge in [0.25, 0.3) is 0 Å². The number of fused-ring (bicyclic) bond motifs is 1. The molecule has 1 aliphatic carbocycles. The topological polar surface area (TPSA) is 103 Å². The van der Waals surface area contributed by atoms with Crippen LogP contribution in [0, 0.1) is 0 Å². The maximum atomic E-state index is 12.6. The second kappa shape index (κ2) is 11.6. The average molecular weight is 492 g/mol. The Balaban J connectivity index is 1.37. The number of nitrogens with one attached hydrogen (secondary N) is 1. The van der Waals surface area contributed by atoms with Crippen LogP contribution in [0.2, 0.25) is 0 Å². The molecule has 8 nitrogen and oxygen atoms in total. The van der Waals surface area contributed by atoms with Crippen LogP contribution in [0.25, 0.3) is 11.1 Å². The van der Waals surface area contributed by atoms with E-state index in [9.17, 15) is 9.59 Å². The molecule has 8 heteroatoms. The predicted molar refractivity (Wildman–Crippen MR) is 134 cm³/mol. The molecule has 0 fully saturated rings. The minimum absolute atomic E-state index is 0.0159. The quantitative estimate of drug-likeness (QED) is 0.313. The number of carboxylic acids is 1. The van der Waals surface area contributed by atoms with Gasteiger partial charge >= 0.3 is 11.9 Å². The summed E-state index contributed by atoms with van der Waals surface area (Å²) < 4.78 is 21.7. The van der Waals surface area contributed by atoms with Crippen molar-refractivity contribution in [3.05, 3.63) is 77.4 Å². The summed E-state index contributed by atoms with van der Waals surface area (Å²) in [6.45, 7) is -0.329. The number of hydrogen-bond donors (Lipinski definition) is 2. The lowest BCUT2D eigenvalue weighted by Crippen LogP contribution is -2.29. The molecule has 0 spiro atoms. The van der Waals surface area contributed by atoms with E-state index in [1.165, 1.54) is 0 Å². The Labute approximate surface area is 209 Å². The summed E-state index contributed by atoms with van der Waals surface area (Å²) in [5, 5.41) is 12.2. The first-order chi connectivity index (χ1) is 17.5. The van der Waals surface area contributed by atoms with Crippen LogP contribution < -0.4 is 19.5 Å². The van der Waals surface area contributed by atoms with Gasteiger partial charge in [-0.15, -0.1) is 0 Å². The number of aliphatic carboxylic acids is 1. The third kappa shape index (κ3) is 5.78. The molecule has 2 N–H and O–H groups in total. The molecular weight excluding hydrogens is 462 g/mol. The molecule has 36 heavy (non-hydrogen) atoms. The maximum Gasteiger partial charge on any atom is 0.341 e. The van der Waals surface area contributed by atoms with Crippen molar-refractivity contribution in [3.8, 4) is 28.4 Å². The number of carboxylic acid groups (broad SMARTS) is 1. The molecule has 0 saturated heterocycles. The van der Waals surface area contributed by atoms with Crippen LogP contribution in [0.15, 0.2) is 60.7 Å². The van der Waals surface area contributed by atoms with E-state index < -0.39 is 11.9 Å². The van der Waals surface area contributed by atoms with Crippen molar-refractivity contribution in [1.82, 2.24) is 5.32 Å². The number of esters is 1. The standard InChI is InChI=1S/C28H29NO7/c1-33-20-13-14-25(34-2)23(15-20)18-9-11-19(12-10-18)28(32)36-17-29-24-7-3-6-22-21(24)5-4-8-26(22)35-16-27(30)31/h4-5,8-15,24,29H,3,6-7,16-17H2,1-2H3,(H,30,31)/t24-/m1/s1. The maximum absolute atomic E-state index is 12.6. The van der Waals surface area contributed by atoms with Gasteiger partial charge in [-0.1, -0.05) is 24.3 Å². The van der Waals surface area contributed by atoms with E-state index in [4.69, 9.17) is 24.1 Å². The van der Waals surface area contributed by atoms with Gasteiger partial charge in [0.15, 0.2) is 6.61 Å². The number of rotatable bonds is 10. The fraction of sp³-hybridized carbons (Fsp3) is 0.286. The van der Waals surface area contributed by atoms with Crippen LogP contribution in [0.5, 0.6) is 17.2 Å². The molecule has 0 bridgehead atoms. The Kier molecular flexibility index (Phi) is 8.07. The molecule has 3 aromatic carbocycles. The van der Waals surface area contributed by atoms with Gasteiger partial charge < -0.3 is 24.1 Å². The summed E-state index contributed by atoms with van der Waals surface area (Å²) in [4.78, 5) is 23.5. The van der Waals surface area contributed by atoms with Crippen LogP contribution >= 0.6 is 0 Å². The monoisotopic (exact) mass is 491 g/mol. The molecule has 0 amide bonds. The number of carbonyl (C=O) groups excluding carboxylic acids is 1. The molecule has 0 aromatic heterocycles. The number of benzene rings is 3. The van der Waals surface area contributed by atoms with Crippen LogP contribution in [-0.4, -0.2) is 44.6 Å². The Morgan fingerprint density at radius 1 is 1.00 bits per heavy atom. The molecule has 0 unspecified atom stereocenters. The van der Waals surface area contributed by atoms with E-state index in [1.54, 1.807) is 32.4 Å². The SMILES string of the molecule is COc1ccc(OC)c(-c2ccc(C(=O)OCN[C@@H]3CCCc4c(OCC(=O)O)cccc43)cc2)c1. The Bertz CT molecular complexity index is 1220. The molecule has 0 saturated carbocycles. The zero-order valence-corrected chi connectivity index (χ0v) is 20.3. The third-order valence-corrected chi connectivity index (χ3v) is 6.19. The molecule has 4 rings (SSSR count). The van der Waals surface area contributed by atoms with Gasteiger partial charge in [0.05, 0.1) is 19.8 Å². The molecule has 1 aliphatic rings. The second-order valence-corrected chi connectivity index (χ2v) is 8.37. The lowest BCUT2D eigenvalue weighted by Gasteiger charge is -2.27. The normalized spacial score (nSPS) is 14.4. The average Bonchev–Trinajstić information content (AvgIpc) is 2.91. The largest absolute Gasteiger partial charge is 0.497 e.